The number of ether oxygens (including phenoxy) is 3. The van der Waals surface area contributed by atoms with E-state index in [1.165, 1.54) is 23.6 Å². The summed E-state index contributed by atoms with van der Waals surface area (Å²) in [6.07, 6.45) is 5.24. The van der Waals surface area contributed by atoms with Crippen molar-refractivity contribution < 1.29 is 28.6 Å². The number of esters is 2. The van der Waals surface area contributed by atoms with Gasteiger partial charge in [-0.05, 0) is 68.5 Å². The van der Waals surface area contributed by atoms with Crippen LogP contribution in [0.5, 0.6) is 0 Å². The number of aromatic amines is 1. The second kappa shape index (κ2) is 19.9. The molecule has 54 heavy (non-hydrogen) atoms. The highest BCUT2D eigenvalue weighted by atomic mass is 35.5. The van der Waals surface area contributed by atoms with Crippen LogP contribution in [0.25, 0.3) is 10.9 Å². The number of hydrogen-bond donors (Lipinski definition) is 4. The van der Waals surface area contributed by atoms with Crippen LogP contribution in [0.15, 0.2) is 108 Å². The highest BCUT2D eigenvalue weighted by Gasteiger charge is 2.39. The van der Waals surface area contributed by atoms with E-state index in [9.17, 15) is 14.4 Å². The molecule has 4 aromatic rings. The minimum atomic E-state index is -0.752. The summed E-state index contributed by atoms with van der Waals surface area (Å²) < 4.78 is 15.8. The summed E-state index contributed by atoms with van der Waals surface area (Å²) in [6.45, 7) is 7.57. The van der Waals surface area contributed by atoms with Crippen LogP contribution in [-0.4, -0.2) is 86.9 Å². The average molecular weight is 756 g/mol. The number of benzene rings is 3. The molecule has 0 spiro atoms. The number of piperidine rings is 1. The number of allylic oxidation sites excluding steroid dienone is 1. The number of halogens is 1. The van der Waals surface area contributed by atoms with Gasteiger partial charge in [0.2, 0.25) is 0 Å². The van der Waals surface area contributed by atoms with Gasteiger partial charge < -0.3 is 40.5 Å². The number of nitrogens with zero attached hydrogens (tertiary/aromatic N) is 1. The number of fused-ring (bicyclic) bond motifs is 1. The van der Waals surface area contributed by atoms with Crippen molar-refractivity contribution in [3.8, 4) is 0 Å². The number of likely N-dealkylation sites (tertiary alicyclic amines) is 1. The lowest BCUT2D eigenvalue weighted by molar-refractivity contribution is -0.139. The largest absolute Gasteiger partial charge is 0.466 e. The molecule has 1 aromatic heterocycles. The number of aromatic nitrogens is 1. The molecule has 1 saturated heterocycles. The van der Waals surface area contributed by atoms with Crippen LogP contribution in [0, 0.1) is 0 Å². The lowest BCUT2D eigenvalue weighted by Gasteiger charge is -2.32. The molecule has 2 aliphatic heterocycles. The Labute approximate surface area is 321 Å². The predicted octanol–water partition coefficient (Wildman–Crippen LogP) is 5.87. The van der Waals surface area contributed by atoms with Crippen LogP contribution in [0.1, 0.15) is 54.1 Å². The van der Waals surface area contributed by atoms with Gasteiger partial charge in [-0.1, -0.05) is 66.2 Å². The smallest absolute Gasteiger partial charge is 0.336 e. The zero-order valence-electron chi connectivity index (χ0n) is 31.2. The number of nitrogens with one attached hydrogen (secondary N) is 3. The van der Waals surface area contributed by atoms with Crippen molar-refractivity contribution in [2.45, 2.75) is 45.1 Å². The molecule has 0 radical (unpaired) electrons. The molecule has 3 heterocycles. The molecule has 1 unspecified atom stereocenters. The molecule has 286 valence electrons. The lowest BCUT2D eigenvalue weighted by atomic mass is 9.80. The van der Waals surface area contributed by atoms with E-state index in [0.29, 0.717) is 40.7 Å². The number of carbonyl (C=O) groups is 3. The van der Waals surface area contributed by atoms with Gasteiger partial charge in [-0.25, -0.2) is 9.59 Å². The van der Waals surface area contributed by atoms with Crippen LogP contribution in [0.4, 0.5) is 0 Å². The van der Waals surface area contributed by atoms with Crippen molar-refractivity contribution in [2.24, 2.45) is 5.73 Å². The SMILES string of the molecule is CCOC(=O)C1=C(COCCN)NC(C)=C(C(=O)OC)C1c1ccccc1Cl.O=C(NC1CCN(CCc2c[nH]c3ccccc23)CC1)c1ccccc1. The molecule has 0 saturated carbocycles. The molecule has 5 N–H and O–H groups in total. The van der Waals surface area contributed by atoms with Crippen LogP contribution in [0.3, 0.4) is 0 Å². The van der Waals surface area contributed by atoms with E-state index in [1.807, 2.05) is 30.3 Å². The Morgan fingerprint density at radius 1 is 0.944 bits per heavy atom. The normalized spacial score (nSPS) is 16.4. The second-order valence-electron chi connectivity index (χ2n) is 13.1. The number of carbonyl (C=O) groups excluding carboxylic acids is 3. The molecule has 1 fully saturated rings. The zero-order valence-corrected chi connectivity index (χ0v) is 31.9. The average Bonchev–Trinajstić information content (AvgIpc) is 3.61. The second-order valence-corrected chi connectivity index (χ2v) is 13.5. The fourth-order valence-electron chi connectivity index (χ4n) is 6.89. The van der Waals surface area contributed by atoms with E-state index in [1.54, 1.807) is 38.1 Å². The van der Waals surface area contributed by atoms with Gasteiger partial charge in [-0.15, -0.1) is 0 Å². The van der Waals surface area contributed by atoms with E-state index < -0.39 is 17.9 Å². The maximum atomic E-state index is 12.9. The topological polar surface area (TPSA) is 148 Å². The van der Waals surface area contributed by atoms with Gasteiger partial charge in [0.05, 0.1) is 49.7 Å². The van der Waals surface area contributed by atoms with E-state index in [0.717, 1.165) is 44.5 Å². The van der Waals surface area contributed by atoms with Crippen molar-refractivity contribution in [3.63, 3.8) is 0 Å². The maximum absolute atomic E-state index is 12.9. The third-order valence-electron chi connectivity index (χ3n) is 9.60. The summed E-state index contributed by atoms with van der Waals surface area (Å²) in [5, 5.41) is 8.03. The van der Waals surface area contributed by atoms with Crippen molar-refractivity contribution in [1.29, 1.82) is 0 Å². The molecule has 0 aliphatic carbocycles. The van der Waals surface area contributed by atoms with Crippen molar-refractivity contribution in [2.75, 3.05) is 53.1 Å². The molecule has 12 heteroatoms. The van der Waals surface area contributed by atoms with Crippen molar-refractivity contribution >= 4 is 40.3 Å². The van der Waals surface area contributed by atoms with E-state index >= 15 is 0 Å². The number of hydrogen-bond acceptors (Lipinski definition) is 9. The Kier molecular flexibility index (Phi) is 14.9. The Morgan fingerprint density at radius 3 is 2.35 bits per heavy atom. The molecule has 6 rings (SSSR count). The monoisotopic (exact) mass is 755 g/mol. The van der Waals surface area contributed by atoms with Gasteiger partial charge in [0, 0.05) is 65.6 Å². The molecule has 0 bridgehead atoms. The van der Waals surface area contributed by atoms with Gasteiger partial charge in [-0.3, -0.25) is 4.79 Å². The Balaban J connectivity index is 0.000000208. The maximum Gasteiger partial charge on any atom is 0.336 e. The third-order valence-corrected chi connectivity index (χ3v) is 9.95. The number of amides is 1. The summed E-state index contributed by atoms with van der Waals surface area (Å²) >= 11 is 6.42. The van der Waals surface area contributed by atoms with Gasteiger partial charge in [-0.2, -0.15) is 0 Å². The molecular weight excluding hydrogens is 706 g/mol. The standard InChI is InChI=1S/C22H25N3O.C20H25ClN2O5/c26-22(17-6-2-1-3-7-17)24-19-11-14-25(15-12-19)13-10-18-16-23-21-9-5-4-8-20(18)21;1-4-28-20(25)18-15(11-27-10-9-22)23-12(2)16(19(24)26-3)17(18)13-7-5-6-8-14(13)21/h1-9,16,19,23H,10-15H2,(H,24,26);5-8,17,23H,4,9-11,22H2,1-3H3. The first-order valence-electron chi connectivity index (χ1n) is 18.4. The summed E-state index contributed by atoms with van der Waals surface area (Å²) in [4.78, 5) is 43.6. The fraction of sp³-hybridized carbons (Fsp3) is 0.357. The molecular formula is C42H50ClN5O6. The van der Waals surface area contributed by atoms with Crippen LogP contribution < -0.4 is 16.4 Å². The Hall–Kier alpha value is -4.94. The number of nitrogens with two attached hydrogens (primary N) is 1. The van der Waals surface area contributed by atoms with Gasteiger partial charge in [0.15, 0.2) is 0 Å². The van der Waals surface area contributed by atoms with Gasteiger partial charge in [0.1, 0.15) is 0 Å². The summed E-state index contributed by atoms with van der Waals surface area (Å²) in [6, 6.07) is 25.3. The molecule has 11 nitrogen and oxygen atoms in total. The number of rotatable bonds is 13. The van der Waals surface area contributed by atoms with E-state index in [4.69, 9.17) is 31.5 Å². The summed E-state index contributed by atoms with van der Waals surface area (Å²) in [7, 11) is 1.29. The zero-order chi connectivity index (χ0) is 38.5. The van der Waals surface area contributed by atoms with Gasteiger partial charge >= 0.3 is 11.9 Å². The molecule has 3 aromatic carbocycles. The van der Waals surface area contributed by atoms with Crippen molar-refractivity contribution in [3.05, 3.63) is 129 Å². The Morgan fingerprint density at radius 2 is 1.65 bits per heavy atom. The number of dihydropyridines is 1. The summed E-state index contributed by atoms with van der Waals surface area (Å²) in [5.74, 6) is -1.82. The number of para-hydroxylation sites is 1. The quantitative estimate of drug-likeness (QED) is 0.0972. The lowest BCUT2D eigenvalue weighted by Crippen LogP contribution is -2.45. The Bertz CT molecular complexity index is 1950. The highest BCUT2D eigenvalue weighted by Crippen LogP contribution is 2.42. The number of methoxy groups -OCH3 is 1. The molecule has 1 atom stereocenters. The van der Waals surface area contributed by atoms with E-state index in [2.05, 4.69) is 51.0 Å². The van der Waals surface area contributed by atoms with Gasteiger partial charge in [0.25, 0.3) is 5.91 Å². The number of H-pyrrole nitrogens is 1. The van der Waals surface area contributed by atoms with Crippen LogP contribution >= 0.6 is 11.6 Å². The van der Waals surface area contributed by atoms with E-state index in [-0.39, 0.29) is 30.7 Å². The third kappa shape index (κ3) is 10.2. The highest BCUT2D eigenvalue weighted by molar-refractivity contribution is 6.31. The first kappa shape index (κ1) is 40.2. The first-order valence-corrected chi connectivity index (χ1v) is 18.7. The molecule has 1 amide bonds. The van der Waals surface area contributed by atoms with Crippen LogP contribution in [-0.2, 0) is 30.2 Å². The van der Waals surface area contributed by atoms with Crippen LogP contribution in [0.2, 0.25) is 5.02 Å². The minimum Gasteiger partial charge on any atom is -0.466 e. The predicted molar refractivity (Wildman–Crippen MR) is 211 cm³/mol. The first-order chi connectivity index (χ1) is 26.2. The molecule has 2 aliphatic rings. The minimum absolute atomic E-state index is 0.0443. The summed E-state index contributed by atoms with van der Waals surface area (Å²) in [5.41, 5.74) is 11.0. The van der Waals surface area contributed by atoms with Crippen molar-refractivity contribution in [1.82, 2.24) is 20.5 Å². The fourth-order valence-corrected chi connectivity index (χ4v) is 7.14.